The van der Waals surface area contributed by atoms with Crippen LogP contribution in [0.15, 0.2) is 0 Å². The first-order chi connectivity index (χ1) is 7.46. The predicted molar refractivity (Wildman–Crippen MR) is 69.6 cm³/mol. The summed E-state index contributed by atoms with van der Waals surface area (Å²) in [6.45, 7) is 14.2. The highest BCUT2D eigenvalue weighted by Gasteiger charge is 2.24. The van der Waals surface area contributed by atoms with Crippen LogP contribution in [0.1, 0.15) is 48.5 Å². The molecule has 17 heavy (non-hydrogen) atoms. The lowest BCUT2D eigenvalue weighted by molar-refractivity contribution is -0.134. The fraction of sp³-hybridized carbons (Fsp3) is 0.846. The summed E-state index contributed by atoms with van der Waals surface area (Å²) in [7, 11) is 0. The Balaban J connectivity index is 4.27. The molecule has 0 rings (SSSR count). The molecule has 0 aliphatic rings. The van der Waals surface area contributed by atoms with Crippen LogP contribution in [0.3, 0.4) is 0 Å². The minimum absolute atomic E-state index is 0.00918. The maximum Gasteiger partial charge on any atom is 0.225 e. The van der Waals surface area contributed by atoms with Crippen LogP contribution >= 0.6 is 0 Å². The third-order valence-electron chi connectivity index (χ3n) is 2.49. The van der Waals surface area contributed by atoms with E-state index in [1.54, 1.807) is 11.8 Å². The van der Waals surface area contributed by atoms with E-state index in [9.17, 15) is 9.59 Å². The number of amides is 2. The minimum Gasteiger partial charge on any atom is -0.354 e. The van der Waals surface area contributed by atoms with Crippen LogP contribution in [0.25, 0.3) is 0 Å². The molecular weight excluding hydrogens is 216 g/mol. The molecule has 0 aromatic rings. The van der Waals surface area contributed by atoms with Gasteiger partial charge in [0, 0.05) is 31.0 Å². The van der Waals surface area contributed by atoms with Crippen molar-refractivity contribution in [1.82, 2.24) is 10.2 Å². The first-order valence-corrected chi connectivity index (χ1v) is 6.03. The molecule has 0 radical (unpaired) electrons. The Hall–Kier alpha value is -1.06. The second-order valence-electron chi connectivity index (χ2n) is 6.35. The number of carbonyl (C=O) groups excluding carboxylic acids is 2. The van der Waals surface area contributed by atoms with Gasteiger partial charge in [-0.05, 0) is 20.8 Å². The second kappa shape index (κ2) is 5.52. The Morgan fingerprint density at radius 1 is 1.06 bits per heavy atom. The van der Waals surface area contributed by atoms with Crippen LogP contribution < -0.4 is 5.32 Å². The molecule has 0 aromatic carbocycles. The molecule has 0 unspecified atom stereocenters. The van der Waals surface area contributed by atoms with Crippen molar-refractivity contribution >= 4 is 11.8 Å². The summed E-state index contributed by atoms with van der Waals surface area (Å²) in [5, 5.41) is 2.85. The lowest BCUT2D eigenvalue weighted by atomic mass is 9.96. The number of nitrogens with zero attached hydrogens (tertiary/aromatic N) is 1. The average molecular weight is 242 g/mol. The van der Waals surface area contributed by atoms with Crippen molar-refractivity contribution in [3.8, 4) is 0 Å². The molecule has 100 valence electrons. The van der Waals surface area contributed by atoms with Gasteiger partial charge < -0.3 is 10.2 Å². The van der Waals surface area contributed by atoms with Gasteiger partial charge in [-0.2, -0.15) is 0 Å². The Bertz CT molecular complexity index is 285. The lowest BCUT2D eigenvalue weighted by Gasteiger charge is -2.35. The normalized spacial score (nSPS) is 12.2. The quantitative estimate of drug-likeness (QED) is 0.820. The number of hydrogen-bond acceptors (Lipinski definition) is 2. The number of carbonyl (C=O) groups is 2. The lowest BCUT2D eigenvalue weighted by Crippen LogP contribution is -2.49. The van der Waals surface area contributed by atoms with E-state index in [0.29, 0.717) is 13.1 Å². The average Bonchev–Trinajstić information content (AvgIpc) is 2.07. The molecule has 0 aromatic heterocycles. The molecule has 0 heterocycles. The molecule has 0 saturated carbocycles. The second-order valence-corrected chi connectivity index (χ2v) is 6.35. The molecule has 0 spiro atoms. The van der Waals surface area contributed by atoms with Gasteiger partial charge in [0.15, 0.2) is 0 Å². The largest absolute Gasteiger partial charge is 0.354 e. The van der Waals surface area contributed by atoms with E-state index < -0.39 is 0 Å². The standard InChI is InChI=1S/C13H26N2O2/c1-10(16)15(13(5,6)7)9-8-14-11(17)12(2,3)4/h8-9H2,1-7H3,(H,14,17). The van der Waals surface area contributed by atoms with Crippen molar-refractivity contribution in [3.05, 3.63) is 0 Å². The SMILES string of the molecule is CC(=O)N(CCNC(=O)C(C)(C)C)C(C)(C)C. The number of nitrogens with one attached hydrogen (secondary N) is 1. The molecule has 0 saturated heterocycles. The third-order valence-corrected chi connectivity index (χ3v) is 2.49. The van der Waals surface area contributed by atoms with Crippen molar-refractivity contribution in [2.45, 2.75) is 54.0 Å². The molecule has 4 nitrogen and oxygen atoms in total. The maximum atomic E-state index is 11.7. The van der Waals surface area contributed by atoms with Crippen LogP contribution in [0.5, 0.6) is 0 Å². The Labute approximate surface area is 105 Å². The molecule has 0 aliphatic carbocycles. The molecular formula is C13H26N2O2. The van der Waals surface area contributed by atoms with E-state index >= 15 is 0 Å². The predicted octanol–water partition coefficient (Wildman–Crippen LogP) is 1.80. The minimum atomic E-state index is -0.386. The molecule has 1 N–H and O–H groups in total. The van der Waals surface area contributed by atoms with Gasteiger partial charge in [-0.25, -0.2) is 0 Å². The summed E-state index contributed by atoms with van der Waals surface area (Å²) in [6, 6.07) is 0. The van der Waals surface area contributed by atoms with Gasteiger partial charge in [0.25, 0.3) is 0 Å². The summed E-state index contributed by atoms with van der Waals surface area (Å²) in [5.74, 6) is 0.0393. The highest BCUT2D eigenvalue weighted by molar-refractivity contribution is 5.81. The Kier molecular flexibility index (Phi) is 5.17. The summed E-state index contributed by atoms with van der Waals surface area (Å²) >= 11 is 0. The topological polar surface area (TPSA) is 49.4 Å². The molecule has 0 aliphatic heterocycles. The molecule has 0 fully saturated rings. The van der Waals surface area contributed by atoms with Gasteiger partial charge in [-0.3, -0.25) is 9.59 Å². The van der Waals surface area contributed by atoms with E-state index in [-0.39, 0.29) is 22.8 Å². The first kappa shape index (κ1) is 15.9. The van der Waals surface area contributed by atoms with Gasteiger partial charge in [-0.1, -0.05) is 20.8 Å². The maximum absolute atomic E-state index is 11.7. The van der Waals surface area contributed by atoms with E-state index in [0.717, 1.165) is 0 Å². The van der Waals surface area contributed by atoms with Crippen LogP contribution in [-0.2, 0) is 9.59 Å². The summed E-state index contributed by atoms with van der Waals surface area (Å²) in [5.41, 5.74) is -0.596. The highest BCUT2D eigenvalue weighted by atomic mass is 16.2. The van der Waals surface area contributed by atoms with Crippen LogP contribution in [0.4, 0.5) is 0 Å². The fourth-order valence-corrected chi connectivity index (χ4v) is 1.51. The zero-order valence-corrected chi connectivity index (χ0v) is 12.2. The molecule has 2 amide bonds. The summed E-state index contributed by atoms with van der Waals surface area (Å²) in [4.78, 5) is 24.9. The van der Waals surface area contributed by atoms with Crippen molar-refractivity contribution < 1.29 is 9.59 Å². The molecule has 0 atom stereocenters. The highest BCUT2D eigenvalue weighted by Crippen LogP contribution is 2.14. The molecule has 0 bridgehead atoms. The van der Waals surface area contributed by atoms with Gasteiger partial charge in [-0.15, -0.1) is 0 Å². The van der Waals surface area contributed by atoms with Gasteiger partial charge in [0.2, 0.25) is 11.8 Å². The van der Waals surface area contributed by atoms with Gasteiger partial charge in [0.1, 0.15) is 0 Å². The first-order valence-electron chi connectivity index (χ1n) is 6.03. The van der Waals surface area contributed by atoms with Crippen molar-refractivity contribution in [2.24, 2.45) is 5.41 Å². The van der Waals surface area contributed by atoms with E-state index in [1.807, 2.05) is 41.5 Å². The van der Waals surface area contributed by atoms with E-state index in [4.69, 9.17) is 0 Å². The fourth-order valence-electron chi connectivity index (χ4n) is 1.51. The summed E-state index contributed by atoms with van der Waals surface area (Å²) in [6.07, 6.45) is 0. The van der Waals surface area contributed by atoms with Crippen LogP contribution in [0.2, 0.25) is 0 Å². The number of hydrogen-bond donors (Lipinski definition) is 1. The van der Waals surface area contributed by atoms with E-state index in [1.165, 1.54) is 0 Å². The summed E-state index contributed by atoms with van der Waals surface area (Å²) < 4.78 is 0. The van der Waals surface area contributed by atoms with Gasteiger partial charge >= 0.3 is 0 Å². The van der Waals surface area contributed by atoms with Crippen molar-refractivity contribution in [2.75, 3.05) is 13.1 Å². The number of rotatable bonds is 3. The van der Waals surface area contributed by atoms with Crippen molar-refractivity contribution in [3.63, 3.8) is 0 Å². The van der Waals surface area contributed by atoms with Crippen LogP contribution in [-0.4, -0.2) is 35.3 Å². The molecule has 4 heteroatoms. The van der Waals surface area contributed by atoms with E-state index in [2.05, 4.69) is 5.32 Å². The van der Waals surface area contributed by atoms with Crippen molar-refractivity contribution in [1.29, 1.82) is 0 Å². The van der Waals surface area contributed by atoms with Crippen LogP contribution in [0, 0.1) is 5.41 Å². The zero-order valence-electron chi connectivity index (χ0n) is 12.2. The Morgan fingerprint density at radius 3 is 1.82 bits per heavy atom. The Morgan fingerprint density at radius 2 is 1.53 bits per heavy atom. The third kappa shape index (κ3) is 5.71. The zero-order chi connectivity index (χ0) is 13.9. The smallest absolute Gasteiger partial charge is 0.225 e. The monoisotopic (exact) mass is 242 g/mol. The van der Waals surface area contributed by atoms with Gasteiger partial charge in [0.05, 0.1) is 0 Å².